The summed E-state index contributed by atoms with van der Waals surface area (Å²) in [5.74, 6) is 1.97. The fraction of sp³-hybridized carbons (Fsp3) is 0.138. The Labute approximate surface area is 220 Å². The van der Waals surface area contributed by atoms with Crippen molar-refractivity contribution < 1.29 is 23.7 Å². The van der Waals surface area contributed by atoms with Crippen molar-refractivity contribution in [3.8, 4) is 23.0 Å². The highest BCUT2D eigenvalue weighted by atomic mass is 35.5. The number of carbonyl (C=O) groups is 1. The number of anilines is 1. The smallest absolute Gasteiger partial charge is 0.203 e. The molecule has 0 unspecified atom stereocenters. The number of halogens is 1. The van der Waals surface area contributed by atoms with E-state index in [4.69, 9.17) is 30.5 Å². The molecule has 0 atom stereocenters. The van der Waals surface area contributed by atoms with Crippen LogP contribution in [0.15, 0.2) is 67.0 Å². The number of methoxy groups -OCH3 is 4. The van der Waals surface area contributed by atoms with Crippen molar-refractivity contribution in [1.29, 1.82) is 0 Å². The number of fused-ring (bicyclic) bond motifs is 1. The van der Waals surface area contributed by atoms with Crippen LogP contribution in [0.3, 0.4) is 0 Å². The fourth-order valence-electron chi connectivity index (χ4n) is 3.99. The number of aromatic amines is 1. The van der Waals surface area contributed by atoms with E-state index in [0.717, 1.165) is 22.0 Å². The lowest BCUT2D eigenvalue weighted by Crippen LogP contribution is -1.98. The Balaban J connectivity index is 1.57. The molecule has 0 aliphatic rings. The summed E-state index contributed by atoms with van der Waals surface area (Å²) >= 11 is 6.49. The van der Waals surface area contributed by atoms with Crippen LogP contribution in [-0.2, 0) is 0 Å². The second-order valence-electron chi connectivity index (χ2n) is 7.97. The van der Waals surface area contributed by atoms with Crippen LogP contribution >= 0.6 is 11.6 Å². The first-order valence-corrected chi connectivity index (χ1v) is 11.8. The van der Waals surface area contributed by atoms with E-state index in [1.54, 1.807) is 46.9 Å². The van der Waals surface area contributed by atoms with E-state index in [-0.39, 0.29) is 5.78 Å². The van der Waals surface area contributed by atoms with Gasteiger partial charge in [0.1, 0.15) is 0 Å². The molecule has 0 aliphatic carbocycles. The molecule has 0 aliphatic heterocycles. The summed E-state index contributed by atoms with van der Waals surface area (Å²) in [4.78, 5) is 15.9. The maximum atomic E-state index is 12.8. The SMILES string of the molecule is COc1cc(/C=C\c2cc(Cl)c(OC)c(N/C=C\C(=O)c3c[nH]c4ccccc34)c2)cc(OC)c1OC. The lowest BCUT2D eigenvalue weighted by Gasteiger charge is -2.13. The van der Waals surface area contributed by atoms with Crippen molar-refractivity contribution in [3.05, 3.63) is 88.7 Å². The zero-order valence-corrected chi connectivity index (χ0v) is 21.7. The minimum atomic E-state index is -0.131. The van der Waals surface area contributed by atoms with Crippen molar-refractivity contribution in [1.82, 2.24) is 4.98 Å². The molecular weight excluding hydrogens is 492 g/mol. The minimum Gasteiger partial charge on any atom is -0.493 e. The van der Waals surface area contributed by atoms with Gasteiger partial charge in [-0.05, 0) is 41.5 Å². The molecule has 1 heterocycles. The van der Waals surface area contributed by atoms with Crippen LogP contribution in [0.25, 0.3) is 23.1 Å². The summed E-state index contributed by atoms with van der Waals surface area (Å²) in [7, 11) is 6.25. The largest absolute Gasteiger partial charge is 0.493 e. The molecule has 4 aromatic rings. The second-order valence-corrected chi connectivity index (χ2v) is 8.37. The third kappa shape index (κ3) is 5.57. The number of carbonyl (C=O) groups excluding carboxylic acids is 1. The van der Waals surface area contributed by atoms with Crippen molar-refractivity contribution in [2.24, 2.45) is 0 Å². The van der Waals surface area contributed by atoms with Crippen LogP contribution in [0.5, 0.6) is 23.0 Å². The first kappa shape index (κ1) is 25.7. The van der Waals surface area contributed by atoms with E-state index in [1.165, 1.54) is 6.08 Å². The highest BCUT2D eigenvalue weighted by Crippen LogP contribution is 2.39. The molecule has 0 spiro atoms. The molecule has 1 aromatic heterocycles. The van der Waals surface area contributed by atoms with E-state index in [9.17, 15) is 4.79 Å². The zero-order chi connectivity index (χ0) is 26.4. The van der Waals surface area contributed by atoms with Crippen LogP contribution in [0, 0.1) is 0 Å². The van der Waals surface area contributed by atoms with Crippen molar-refractivity contribution in [2.45, 2.75) is 0 Å². The maximum Gasteiger partial charge on any atom is 0.203 e. The number of hydrogen-bond donors (Lipinski definition) is 2. The molecule has 7 nitrogen and oxygen atoms in total. The minimum absolute atomic E-state index is 0.131. The summed E-state index contributed by atoms with van der Waals surface area (Å²) in [6, 6.07) is 15.0. The Morgan fingerprint density at radius 2 is 1.51 bits per heavy atom. The van der Waals surface area contributed by atoms with Crippen LogP contribution in [0.2, 0.25) is 5.02 Å². The highest BCUT2D eigenvalue weighted by molar-refractivity contribution is 6.32. The monoisotopic (exact) mass is 518 g/mol. The number of benzene rings is 3. The summed E-state index contributed by atoms with van der Waals surface area (Å²) in [6.07, 6.45) is 8.57. The van der Waals surface area contributed by atoms with Gasteiger partial charge in [0.2, 0.25) is 5.75 Å². The molecule has 0 radical (unpaired) electrons. The second kappa shape index (κ2) is 11.6. The Kier molecular flexibility index (Phi) is 8.05. The number of hydrogen-bond acceptors (Lipinski definition) is 6. The average molecular weight is 519 g/mol. The molecule has 37 heavy (non-hydrogen) atoms. The van der Waals surface area contributed by atoms with E-state index in [1.807, 2.05) is 54.6 Å². The molecule has 8 heteroatoms. The van der Waals surface area contributed by atoms with Crippen LogP contribution in [-0.4, -0.2) is 39.2 Å². The summed E-state index contributed by atoms with van der Waals surface area (Å²) in [6.45, 7) is 0. The molecular formula is C29H27ClN2O5. The predicted molar refractivity (Wildman–Crippen MR) is 148 cm³/mol. The van der Waals surface area contributed by atoms with Crippen LogP contribution < -0.4 is 24.3 Å². The van der Waals surface area contributed by atoms with E-state index >= 15 is 0 Å². The van der Waals surface area contributed by atoms with E-state index < -0.39 is 0 Å². The van der Waals surface area contributed by atoms with Crippen molar-refractivity contribution in [2.75, 3.05) is 33.8 Å². The first-order chi connectivity index (χ1) is 18.0. The highest BCUT2D eigenvalue weighted by Gasteiger charge is 2.13. The average Bonchev–Trinajstić information content (AvgIpc) is 3.35. The summed E-state index contributed by atoms with van der Waals surface area (Å²) in [5, 5.41) is 4.42. The molecule has 0 bridgehead atoms. The summed E-state index contributed by atoms with van der Waals surface area (Å²) < 4.78 is 21.7. The van der Waals surface area contributed by atoms with Gasteiger partial charge >= 0.3 is 0 Å². The van der Waals surface area contributed by atoms with Gasteiger partial charge in [-0.1, -0.05) is 42.0 Å². The Morgan fingerprint density at radius 1 is 0.865 bits per heavy atom. The fourth-order valence-corrected chi connectivity index (χ4v) is 4.29. The summed E-state index contributed by atoms with van der Waals surface area (Å²) in [5.41, 5.74) is 3.79. The third-order valence-electron chi connectivity index (χ3n) is 5.75. The number of aromatic nitrogens is 1. The van der Waals surface area contributed by atoms with Gasteiger partial charge in [-0.3, -0.25) is 4.79 Å². The van der Waals surface area contributed by atoms with Crippen LogP contribution in [0.4, 0.5) is 5.69 Å². The molecule has 0 fully saturated rings. The van der Waals surface area contributed by atoms with Crippen LogP contribution in [0.1, 0.15) is 21.5 Å². The maximum absolute atomic E-state index is 12.8. The van der Waals surface area contributed by atoms with Gasteiger partial charge in [0.25, 0.3) is 0 Å². The third-order valence-corrected chi connectivity index (χ3v) is 6.03. The van der Waals surface area contributed by atoms with Gasteiger partial charge < -0.3 is 29.2 Å². The molecule has 0 saturated heterocycles. The molecule has 0 saturated carbocycles. The Hall–Kier alpha value is -4.36. The number of ketones is 1. The molecule has 2 N–H and O–H groups in total. The molecule has 4 rings (SSSR count). The first-order valence-electron chi connectivity index (χ1n) is 11.4. The van der Waals surface area contributed by atoms with Crippen molar-refractivity contribution >= 4 is 46.1 Å². The van der Waals surface area contributed by atoms with Gasteiger partial charge in [-0.2, -0.15) is 0 Å². The lowest BCUT2D eigenvalue weighted by atomic mass is 10.1. The number of ether oxygens (including phenoxy) is 4. The molecule has 0 amide bonds. The predicted octanol–water partition coefficient (Wildman–Crippen LogP) is 6.83. The number of para-hydroxylation sites is 1. The van der Waals surface area contributed by atoms with Gasteiger partial charge in [0.15, 0.2) is 23.0 Å². The number of rotatable bonds is 10. The van der Waals surface area contributed by atoms with Gasteiger partial charge in [-0.15, -0.1) is 0 Å². The topological polar surface area (TPSA) is 81.8 Å². The zero-order valence-electron chi connectivity index (χ0n) is 20.9. The standard InChI is InChI=1S/C29H27ClN2O5/c1-34-26-15-19(16-27(35-2)29(26)37-4)10-9-18-13-22(30)28(36-3)24(14-18)31-12-11-25(33)21-17-32-23-8-6-5-7-20(21)23/h5-17,31-32H,1-4H3/b10-9-,12-11-. The quantitative estimate of drug-likeness (QED) is 0.136. The molecule has 3 aromatic carbocycles. The van der Waals surface area contributed by atoms with Gasteiger partial charge in [0, 0.05) is 34.9 Å². The number of nitrogens with one attached hydrogen (secondary N) is 2. The van der Waals surface area contributed by atoms with E-state index in [0.29, 0.717) is 39.3 Å². The van der Waals surface area contributed by atoms with Gasteiger partial charge in [-0.25, -0.2) is 0 Å². The molecule has 190 valence electrons. The lowest BCUT2D eigenvalue weighted by molar-refractivity contribution is 0.104. The number of H-pyrrole nitrogens is 1. The van der Waals surface area contributed by atoms with Gasteiger partial charge in [0.05, 0.1) is 39.1 Å². The van der Waals surface area contributed by atoms with E-state index in [2.05, 4.69) is 10.3 Å². The Morgan fingerprint density at radius 3 is 2.16 bits per heavy atom. The van der Waals surface area contributed by atoms with Crippen molar-refractivity contribution in [3.63, 3.8) is 0 Å². The number of allylic oxidation sites excluding steroid dienone is 1. The normalized spacial score (nSPS) is 11.3. The Bertz CT molecular complexity index is 1460.